The lowest BCUT2D eigenvalue weighted by Gasteiger charge is -2.49. The Labute approximate surface area is 166 Å². The number of esters is 1. The van der Waals surface area contributed by atoms with E-state index in [1.54, 1.807) is 17.5 Å². The van der Waals surface area contributed by atoms with Gasteiger partial charge in [-0.05, 0) is 11.4 Å². The number of aliphatic carboxylic acids is 1. The highest BCUT2D eigenvalue weighted by molar-refractivity contribution is 8.00. The minimum absolute atomic E-state index is 0.218. The summed E-state index contributed by atoms with van der Waals surface area (Å²) in [5.41, 5.74) is 0.0527. The van der Waals surface area contributed by atoms with E-state index in [0.29, 0.717) is 10.5 Å². The Balaban J connectivity index is 1.74. The van der Waals surface area contributed by atoms with E-state index in [1.807, 2.05) is 0 Å². The minimum Gasteiger partial charge on any atom is -0.477 e. The molecular weight excluding hydrogens is 410 g/mol. The maximum absolute atomic E-state index is 12.5. The van der Waals surface area contributed by atoms with E-state index in [-0.39, 0.29) is 18.1 Å². The summed E-state index contributed by atoms with van der Waals surface area (Å²) >= 11 is 2.43. The molecule has 0 saturated carbocycles. The Bertz CT molecular complexity index is 868. The maximum atomic E-state index is 12.5. The molecule has 0 bridgehead atoms. The van der Waals surface area contributed by atoms with E-state index in [0.717, 1.165) is 4.90 Å². The van der Waals surface area contributed by atoms with Crippen LogP contribution in [0.1, 0.15) is 17.8 Å². The Hall–Kier alpha value is -2.73. The van der Waals surface area contributed by atoms with Crippen LogP contribution >= 0.6 is 23.1 Å². The van der Waals surface area contributed by atoms with E-state index in [1.165, 1.54) is 30.0 Å². The van der Waals surface area contributed by atoms with Gasteiger partial charge in [-0.15, -0.1) is 28.0 Å². The van der Waals surface area contributed by atoms with Crippen LogP contribution in [0.4, 0.5) is 0 Å². The third-order valence-electron chi connectivity index (χ3n) is 4.16. The van der Waals surface area contributed by atoms with Crippen LogP contribution in [0.5, 0.6) is 0 Å². The molecule has 0 aromatic carbocycles. The molecule has 1 aromatic rings. The second-order valence-corrected chi connectivity index (χ2v) is 8.04. The molecule has 1 saturated heterocycles. The van der Waals surface area contributed by atoms with Crippen LogP contribution in [-0.4, -0.2) is 57.5 Å². The number of β-lactam (4-membered cyclic amide) rings is 1. The Morgan fingerprint density at radius 3 is 2.79 bits per heavy atom. The smallest absolute Gasteiger partial charge is 0.352 e. The number of carbonyl (C=O) groups excluding carboxylic acids is 3. The Morgan fingerprint density at radius 2 is 2.21 bits per heavy atom. The number of carbonyl (C=O) groups is 4. The molecule has 3 heterocycles. The van der Waals surface area contributed by atoms with Gasteiger partial charge in [-0.2, -0.15) is 0 Å². The van der Waals surface area contributed by atoms with Crippen molar-refractivity contribution in [1.29, 1.82) is 0 Å². The van der Waals surface area contributed by atoms with Crippen molar-refractivity contribution in [2.75, 3.05) is 12.4 Å². The molecule has 2 aliphatic rings. The number of nitroso groups, excluding NO2 is 1. The molecule has 0 radical (unpaired) electrons. The first kappa shape index (κ1) is 20.0. The molecule has 12 heteroatoms. The van der Waals surface area contributed by atoms with E-state index in [9.17, 15) is 29.2 Å². The van der Waals surface area contributed by atoms with Gasteiger partial charge in [0.15, 0.2) is 0 Å². The topological polar surface area (TPSA) is 142 Å². The molecule has 1 aromatic heterocycles. The van der Waals surface area contributed by atoms with Gasteiger partial charge < -0.3 is 15.2 Å². The quantitative estimate of drug-likeness (QED) is 0.372. The van der Waals surface area contributed by atoms with Crippen LogP contribution in [0.15, 0.2) is 34.0 Å². The van der Waals surface area contributed by atoms with Crippen molar-refractivity contribution < 1.29 is 29.0 Å². The fourth-order valence-corrected chi connectivity index (χ4v) is 4.97. The van der Waals surface area contributed by atoms with Gasteiger partial charge in [0.1, 0.15) is 23.7 Å². The lowest BCUT2D eigenvalue weighted by molar-refractivity contribution is -0.151. The van der Waals surface area contributed by atoms with Crippen molar-refractivity contribution in [3.05, 3.63) is 38.6 Å². The van der Waals surface area contributed by atoms with Gasteiger partial charge in [-0.25, -0.2) is 4.79 Å². The van der Waals surface area contributed by atoms with Gasteiger partial charge in [0, 0.05) is 23.1 Å². The molecule has 2 aliphatic heterocycles. The van der Waals surface area contributed by atoms with Crippen molar-refractivity contribution in [3.8, 4) is 0 Å². The van der Waals surface area contributed by atoms with Gasteiger partial charge in [-0.1, -0.05) is 11.2 Å². The first-order chi connectivity index (χ1) is 13.3. The molecule has 1 fully saturated rings. The number of nitrogens with one attached hydrogen (secondary N) is 1. The number of carboxylic acids is 1. The second kappa shape index (κ2) is 8.10. The highest BCUT2D eigenvalue weighted by Crippen LogP contribution is 2.40. The molecule has 3 atom stereocenters. The number of hydrogen-bond acceptors (Lipinski definition) is 9. The van der Waals surface area contributed by atoms with Crippen LogP contribution in [0.25, 0.3) is 0 Å². The van der Waals surface area contributed by atoms with Crippen LogP contribution in [-0.2, 0) is 23.9 Å². The number of thioether (sulfide) groups is 1. The number of thiophene rings is 1. The number of carboxylic acid groups (broad SMARTS) is 1. The highest BCUT2D eigenvalue weighted by atomic mass is 32.2. The summed E-state index contributed by atoms with van der Waals surface area (Å²) in [6.07, 6.45) is 0. The minimum atomic E-state index is -1.32. The van der Waals surface area contributed by atoms with Gasteiger partial charge in [0.2, 0.25) is 6.04 Å². The van der Waals surface area contributed by atoms with E-state index >= 15 is 0 Å². The molecule has 148 valence electrons. The van der Waals surface area contributed by atoms with Crippen LogP contribution < -0.4 is 5.32 Å². The van der Waals surface area contributed by atoms with Crippen molar-refractivity contribution in [1.82, 2.24) is 10.2 Å². The highest BCUT2D eigenvalue weighted by Gasteiger charge is 2.54. The normalized spacial score (nSPS) is 22.0. The number of ether oxygens (including phenoxy) is 1. The van der Waals surface area contributed by atoms with Gasteiger partial charge in [-0.3, -0.25) is 19.3 Å². The molecule has 2 amide bonds. The predicted molar refractivity (Wildman–Crippen MR) is 99.2 cm³/mol. The molecule has 0 spiro atoms. The lowest BCUT2D eigenvalue weighted by atomic mass is 10.0. The van der Waals surface area contributed by atoms with Crippen molar-refractivity contribution in [3.63, 3.8) is 0 Å². The van der Waals surface area contributed by atoms with E-state index in [4.69, 9.17) is 4.74 Å². The van der Waals surface area contributed by atoms with Crippen molar-refractivity contribution >= 4 is 46.9 Å². The standard InChI is InChI=1S/C16H15N3O7S2/c1-7(20)26-5-8-6-28-15-11(14(22)19(15)12(8)16(23)24)17-13(21)10(18-25)9-3-2-4-27-9/h2-4,10-11,15H,5-6H2,1H3,(H,17,21)(H,23,24)/t10?,11-,15-/m1/s1. The Morgan fingerprint density at radius 1 is 1.46 bits per heavy atom. The van der Waals surface area contributed by atoms with E-state index < -0.39 is 41.2 Å². The number of fused-ring (bicyclic) bond motifs is 1. The zero-order chi connectivity index (χ0) is 20.4. The van der Waals surface area contributed by atoms with Crippen molar-refractivity contribution in [2.45, 2.75) is 24.4 Å². The predicted octanol–water partition coefficient (Wildman–Crippen LogP) is 0.857. The molecule has 1 unspecified atom stereocenters. The van der Waals surface area contributed by atoms with Crippen LogP contribution in [0.3, 0.4) is 0 Å². The van der Waals surface area contributed by atoms with Crippen molar-refractivity contribution in [2.24, 2.45) is 5.18 Å². The summed E-state index contributed by atoms with van der Waals surface area (Å²) in [5, 5.41) is 15.9. The average Bonchev–Trinajstić information content (AvgIpc) is 3.18. The summed E-state index contributed by atoms with van der Waals surface area (Å²) in [7, 11) is 0. The number of hydrogen-bond donors (Lipinski definition) is 2. The van der Waals surface area contributed by atoms with Gasteiger partial charge in [0.25, 0.3) is 11.8 Å². The molecule has 28 heavy (non-hydrogen) atoms. The zero-order valence-corrected chi connectivity index (χ0v) is 16.1. The number of amides is 2. The third-order valence-corrected chi connectivity index (χ3v) is 6.43. The SMILES string of the molecule is CC(=O)OCC1=C(C(=O)O)N2C(=O)[C@@H](NC(=O)C(N=O)c3cccs3)[C@H]2SC1. The average molecular weight is 425 g/mol. The van der Waals surface area contributed by atoms with Gasteiger partial charge in [0.05, 0.1) is 0 Å². The third kappa shape index (κ3) is 3.64. The summed E-state index contributed by atoms with van der Waals surface area (Å²) in [4.78, 5) is 60.1. The largest absolute Gasteiger partial charge is 0.477 e. The van der Waals surface area contributed by atoms with Gasteiger partial charge >= 0.3 is 11.9 Å². The summed E-state index contributed by atoms with van der Waals surface area (Å²) in [6.45, 7) is 0.970. The molecular formula is C16H15N3O7S2. The first-order valence-corrected chi connectivity index (χ1v) is 9.97. The number of rotatable bonds is 7. The molecule has 10 nitrogen and oxygen atoms in total. The summed E-state index contributed by atoms with van der Waals surface area (Å²) in [6, 6.07) is 1.02. The fraction of sp³-hybridized carbons (Fsp3) is 0.375. The summed E-state index contributed by atoms with van der Waals surface area (Å²) in [5.74, 6) is -3.00. The lowest BCUT2D eigenvalue weighted by Crippen LogP contribution is -2.70. The first-order valence-electron chi connectivity index (χ1n) is 8.04. The van der Waals surface area contributed by atoms with E-state index in [2.05, 4.69) is 10.5 Å². The monoisotopic (exact) mass is 425 g/mol. The maximum Gasteiger partial charge on any atom is 0.352 e. The molecule has 0 aliphatic carbocycles. The molecule has 2 N–H and O–H groups in total. The van der Waals surface area contributed by atoms with Crippen LogP contribution in [0, 0.1) is 4.91 Å². The molecule has 3 rings (SSSR count). The Kier molecular flexibility index (Phi) is 5.79. The second-order valence-electron chi connectivity index (χ2n) is 5.96. The fourth-order valence-electron chi connectivity index (χ4n) is 2.89. The number of nitrogens with zero attached hydrogens (tertiary/aromatic N) is 2. The summed E-state index contributed by atoms with van der Waals surface area (Å²) < 4.78 is 4.86. The van der Waals surface area contributed by atoms with Crippen LogP contribution in [0.2, 0.25) is 0 Å². The zero-order valence-electron chi connectivity index (χ0n) is 14.5.